The molecule has 1 saturated carbocycles. The summed E-state index contributed by atoms with van der Waals surface area (Å²) in [6, 6.07) is 0. The van der Waals surface area contributed by atoms with Crippen LogP contribution in [0.15, 0.2) is 0 Å². The van der Waals surface area contributed by atoms with E-state index in [1.165, 1.54) is 12.8 Å². The standard InChI is InChI=1S/C11H14ClIN2/c1-6(2)10-9(13)11(12)15-8(14-10)5-7-3-4-7/h6-7H,3-5H2,1-2H3. The van der Waals surface area contributed by atoms with Crippen molar-refractivity contribution in [3.63, 3.8) is 0 Å². The van der Waals surface area contributed by atoms with Crippen LogP contribution in [0, 0.1) is 9.49 Å². The van der Waals surface area contributed by atoms with Gasteiger partial charge in [0.05, 0.1) is 9.26 Å². The zero-order valence-electron chi connectivity index (χ0n) is 8.93. The molecule has 2 rings (SSSR count). The van der Waals surface area contributed by atoms with Gasteiger partial charge in [0.2, 0.25) is 0 Å². The van der Waals surface area contributed by atoms with E-state index in [1.54, 1.807) is 0 Å². The van der Waals surface area contributed by atoms with Crippen LogP contribution < -0.4 is 0 Å². The predicted molar refractivity (Wildman–Crippen MR) is 70.3 cm³/mol. The maximum Gasteiger partial charge on any atom is 0.146 e. The minimum atomic E-state index is 0.412. The average Bonchev–Trinajstić information content (AvgIpc) is 2.94. The summed E-state index contributed by atoms with van der Waals surface area (Å²) in [5.41, 5.74) is 1.09. The fourth-order valence-electron chi connectivity index (χ4n) is 1.54. The molecule has 15 heavy (non-hydrogen) atoms. The average molecular weight is 337 g/mol. The van der Waals surface area contributed by atoms with E-state index < -0.39 is 0 Å². The lowest BCUT2D eigenvalue weighted by Gasteiger charge is -2.10. The summed E-state index contributed by atoms with van der Waals surface area (Å²) in [6.07, 6.45) is 3.64. The molecule has 82 valence electrons. The molecule has 0 unspecified atom stereocenters. The van der Waals surface area contributed by atoms with Crippen molar-refractivity contribution in [3.8, 4) is 0 Å². The smallest absolute Gasteiger partial charge is 0.146 e. The Hall–Kier alpha value is 0.100. The van der Waals surface area contributed by atoms with Crippen molar-refractivity contribution in [2.45, 2.75) is 39.0 Å². The van der Waals surface area contributed by atoms with Crippen LogP contribution in [0.3, 0.4) is 0 Å². The third kappa shape index (κ3) is 2.81. The summed E-state index contributed by atoms with van der Waals surface area (Å²) in [5.74, 6) is 2.14. The summed E-state index contributed by atoms with van der Waals surface area (Å²) >= 11 is 8.34. The maximum absolute atomic E-state index is 6.11. The van der Waals surface area contributed by atoms with Crippen LogP contribution in [0.4, 0.5) is 0 Å². The van der Waals surface area contributed by atoms with Crippen LogP contribution in [-0.2, 0) is 6.42 Å². The highest BCUT2D eigenvalue weighted by Crippen LogP contribution is 2.33. The van der Waals surface area contributed by atoms with Gasteiger partial charge in [-0.1, -0.05) is 25.4 Å². The molecule has 0 amide bonds. The van der Waals surface area contributed by atoms with E-state index in [4.69, 9.17) is 11.6 Å². The molecule has 0 radical (unpaired) electrons. The van der Waals surface area contributed by atoms with Gasteiger partial charge in [0.25, 0.3) is 0 Å². The van der Waals surface area contributed by atoms with Crippen LogP contribution in [0.5, 0.6) is 0 Å². The fourth-order valence-corrected chi connectivity index (χ4v) is 2.59. The third-order valence-electron chi connectivity index (χ3n) is 2.60. The van der Waals surface area contributed by atoms with Crippen LogP contribution in [-0.4, -0.2) is 9.97 Å². The molecule has 1 fully saturated rings. The minimum Gasteiger partial charge on any atom is -0.236 e. The van der Waals surface area contributed by atoms with Gasteiger partial charge in [0, 0.05) is 6.42 Å². The number of nitrogens with zero attached hydrogens (tertiary/aromatic N) is 2. The largest absolute Gasteiger partial charge is 0.236 e. The van der Waals surface area contributed by atoms with E-state index in [0.29, 0.717) is 11.1 Å². The second kappa shape index (κ2) is 4.53. The molecule has 1 heterocycles. The molecule has 0 N–H and O–H groups in total. The van der Waals surface area contributed by atoms with Gasteiger partial charge in [-0.05, 0) is 47.3 Å². The van der Waals surface area contributed by atoms with E-state index in [2.05, 4.69) is 46.4 Å². The maximum atomic E-state index is 6.11. The predicted octanol–water partition coefficient (Wildman–Crippen LogP) is 3.81. The Morgan fingerprint density at radius 1 is 1.40 bits per heavy atom. The zero-order valence-corrected chi connectivity index (χ0v) is 11.8. The normalized spacial score (nSPS) is 16.1. The van der Waals surface area contributed by atoms with Gasteiger partial charge < -0.3 is 0 Å². The molecule has 0 aromatic carbocycles. The molecular formula is C11H14ClIN2. The van der Waals surface area contributed by atoms with Gasteiger partial charge in [-0.2, -0.15) is 0 Å². The molecule has 1 aliphatic rings. The van der Waals surface area contributed by atoms with Crippen molar-refractivity contribution in [2.75, 3.05) is 0 Å². The van der Waals surface area contributed by atoms with Gasteiger partial charge >= 0.3 is 0 Å². The van der Waals surface area contributed by atoms with Crippen LogP contribution in [0.1, 0.15) is 44.1 Å². The Morgan fingerprint density at radius 2 is 2.07 bits per heavy atom. The van der Waals surface area contributed by atoms with Crippen molar-refractivity contribution >= 4 is 34.2 Å². The van der Waals surface area contributed by atoms with Crippen molar-refractivity contribution in [1.82, 2.24) is 9.97 Å². The zero-order chi connectivity index (χ0) is 11.0. The molecule has 4 heteroatoms. The topological polar surface area (TPSA) is 25.8 Å². The Bertz CT molecular complexity index is 375. The summed E-state index contributed by atoms with van der Waals surface area (Å²) < 4.78 is 1.00. The quantitative estimate of drug-likeness (QED) is 0.619. The molecule has 0 aliphatic heterocycles. The van der Waals surface area contributed by atoms with Gasteiger partial charge in [0.1, 0.15) is 11.0 Å². The minimum absolute atomic E-state index is 0.412. The van der Waals surface area contributed by atoms with Crippen molar-refractivity contribution < 1.29 is 0 Å². The number of aromatic nitrogens is 2. The van der Waals surface area contributed by atoms with Crippen molar-refractivity contribution in [3.05, 3.63) is 20.2 Å². The lowest BCUT2D eigenvalue weighted by atomic mass is 10.1. The van der Waals surface area contributed by atoms with Gasteiger partial charge in [-0.3, -0.25) is 0 Å². The van der Waals surface area contributed by atoms with Crippen molar-refractivity contribution in [1.29, 1.82) is 0 Å². The van der Waals surface area contributed by atoms with E-state index in [0.717, 1.165) is 27.4 Å². The van der Waals surface area contributed by atoms with Gasteiger partial charge in [0.15, 0.2) is 0 Å². The number of hydrogen-bond donors (Lipinski definition) is 0. The number of rotatable bonds is 3. The summed E-state index contributed by atoms with van der Waals surface area (Å²) in [4.78, 5) is 8.95. The third-order valence-corrected chi connectivity index (χ3v) is 4.25. The fraction of sp³-hybridized carbons (Fsp3) is 0.636. The molecule has 1 aromatic rings. The van der Waals surface area contributed by atoms with Crippen molar-refractivity contribution in [2.24, 2.45) is 5.92 Å². The lowest BCUT2D eigenvalue weighted by molar-refractivity contribution is 0.728. The Balaban J connectivity index is 2.31. The Morgan fingerprint density at radius 3 is 2.60 bits per heavy atom. The first kappa shape index (κ1) is 11.6. The summed E-state index contributed by atoms with van der Waals surface area (Å²) in [6.45, 7) is 4.28. The lowest BCUT2D eigenvalue weighted by Crippen LogP contribution is -2.05. The van der Waals surface area contributed by atoms with E-state index in [9.17, 15) is 0 Å². The number of hydrogen-bond acceptors (Lipinski definition) is 2. The second-order valence-electron chi connectivity index (χ2n) is 4.43. The number of halogens is 2. The first-order chi connectivity index (χ1) is 7.08. The van der Waals surface area contributed by atoms with Gasteiger partial charge in [-0.25, -0.2) is 9.97 Å². The molecule has 1 aliphatic carbocycles. The SMILES string of the molecule is CC(C)c1nc(CC2CC2)nc(Cl)c1I. The molecule has 2 nitrogen and oxygen atoms in total. The van der Waals surface area contributed by atoms with E-state index in [-0.39, 0.29) is 0 Å². The van der Waals surface area contributed by atoms with E-state index in [1.807, 2.05) is 0 Å². The summed E-state index contributed by atoms with van der Waals surface area (Å²) in [7, 11) is 0. The molecule has 0 bridgehead atoms. The molecule has 1 aromatic heterocycles. The molecule has 0 saturated heterocycles. The Kier molecular flexibility index (Phi) is 3.50. The van der Waals surface area contributed by atoms with Crippen LogP contribution >= 0.6 is 34.2 Å². The highest BCUT2D eigenvalue weighted by molar-refractivity contribution is 14.1. The molecule has 0 spiro atoms. The Labute approximate surface area is 109 Å². The first-order valence-electron chi connectivity index (χ1n) is 5.29. The van der Waals surface area contributed by atoms with E-state index >= 15 is 0 Å². The summed E-state index contributed by atoms with van der Waals surface area (Å²) in [5, 5.41) is 0.616. The van der Waals surface area contributed by atoms with Gasteiger partial charge in [-0.15, -0.1) is 0 Å². The monoisotopic (exact) mass is 336 g/mol. The highest BCUT2D eigenvalue weighted by atomic mass is 127. The first-order valence-corrected chi connectivity index (χ1v) is 6.75. The molecular weight excluding hydrogens is 322 g/mol. The second-order valence-corrected chi connectivity index (χ2v) is 5.87. The highest BCUT2D eigenvalue weighted by Gasteiger charge is 2.24. The van der Waals surface area contributed by atoms with Crippen LogP contribution in [0.2, 0.25) is 5.15 Å². The molecule has 0 atom stereocenters. The van der Waals surface area contributed by atoms with Crippen LogP contribution in [0.25, 0.3) is 0 Å².